The lowest BCUT2D eigenvalue weighted by molar-refractivity contribution is 0.458. The minimum atomic E-state index is -2.65. The Kier molecular flexibility index (Phi) is 3.82. The maximum absolute atomic E-state index is 12.4. The minimum absolute atomic E-state index is 0.580. The molecule has 2 rings (SSSR count). The highest BCUT2D eigenvalue weighted by Crippen LogP contribution is 2.22. The number of hydrogen-bond donors (Lipinski definition) is 2. The van der Waals surface area contributed by atoms with Crippen molar-refractivity contribution in [2.45, 2.75) is 13.0 Å². The second kappa shape index (κ2) is 5.17. The fourth-order valence-corrected chi connectivity index (χ4v) is 4.35. The summed E-state index contributed by atoms with van der Waals surface area (Å²) in [5.74, 6) is 0.580. The molecule has 1 fully saturated rings. The summed E-state index contributed by atoms with van der Waals surface area (Å²) in [6.07, 6.45) is 2.69. The van der Waals surface area contributed by atoms with E-state index in [4.69, 9.17) is 5.26 Å². The third kappa shape index (κ3) is 2.86. The molecule has 0 atom stereocenters. The molecule has 92 valence electrons. The van der Waals surface area contributed by atoms with Gasteiger partial charge in [-0.05, 0) is 24.1 Å². The number of rotatable bonds is 3. The molecule has 6 heteroatoms. The predicted molar refractivity (Wildman–Crippen MR) is 72.3 cm³/mol. The second-order valence-electron chi connectivity index (χ2n) is 4.02. The summed E-state index contributed by atoms with van der Waals surface area (Å²) in [5.41, 5.74) is 1.11. The summed E-state index contributed by atoms with van der Waals surface area (Å²) in [6.45, 7) is 1.40. The molecule has 4 nitrogen and oxygen atoms in total. The Hall–Kier alpha value is -0.900. The van der Waals surface area contributed by atoms with Crippen LogP contribution in [0, 0.1) is 11.5 Å². The van der Waals surface area contributed by atoms with Gasteiger partial charge in [0, 0.05) is 33.6 Å². The van der Waals surface area contributed by atoms with E-state index in [-0.39, 0.29) is 0 Å². The van der Waals surface area contributed by atoms with E-state index in [1.54, 1.807) is 0 Å². The Morgan fingerprint density at radius 1 is 1.47 bits per heavy atom. The molecule has 0 spiro atoms. The van der Waals surface area contributed by atoms with E-state index in [0.29, 0.717) is 12.3 Å². The third-order valence-electron chi connectivity index (χ3n) is 2.84. The van der Waals surface area contributed by atoms with Gasteiger partial charge in [0.1, 0.15) is 0 Å². The van der Waals surface area contributed by atoms with Gasteiger partial charge in [-0.2, -0.15) is 5.26 Å². The molecule has 1 aromatic rings. The molecular weight excluding hydrogens is 302 g/mol. The summed E-state index contributed by atoms with van der Waals surface area (Å²) in [6, 6.07) is 7.93. The van der Waals surface area contributed by atoms with Crippen LogP contribution >= 0.6 is 15.9 Å². The van der Waals surface area contributed by atoms with Gasteiger partial charge in [-0.3, -0.25) is 8.93 Å². The van der Waals surface area contributed by atoms with Crippen LogP contribution in [0.25, 0.3) is 0 Å². The molecule has 1 heterocycles. The van der Waals surface area contributed by atoms with Crippen LogP contribution in [0.15, 0.2) is 28.7 Å². The van der Waals surface area contributed by atoms with Crippen LogP contribution in [0.1, 0.15) is 12.0 Å². The van der Waals surface area contributed by atoms with Gasteiger partial charge in [-0.25, -0.2) is 4.31 Å². The first kappa shape index (κ1) is 12.6. The van der Waals surface area contributed by atoms with Crippen molar-refractivity contribution in [2.24, 2.45) is 0 Å². The Balaban J connectivity index is 2.11. The maximum atomic E-state index is 12.4. The molecule has 1 aliphatic heterocycles. The molecular formula is C11H14BrN3OS. The van der Waals surface area contributed by atoms with E-state index in [9.17, 15) is 4.21 Å². The van der Waals surface area contributed by atoms with Gasteiger partial charge in [-0.1, -0.05) is 28.1 Å². The summed E-state index contributed by atoms with van der Waals surface area (Å²) in [5, 5.41) is 8.65. The molecule has 0 saturated carbocycles. The smallest absolute Gasteiger partial charge is 0.188 e. The molecule has 0 unspecified atom stereocenters. The van der Waals surface area contributed by atoms with Gasteiger partial charge >= 0.3 is 0 Å². The lowest BCUT2D eigenvalue weighted by atomic mass is 10.2. The number of halogens is 1. The Labute approximate surface area is 110 Å². The Morgan fingerprint density at radius 2 is 2.18 bits per heavy atom. The first-order chi connectivity index (χ1) is 8.14. The van der Waals surface area contributed by atoms with Gasteiger partial charge in [-0.15, -0.1) is 0 Å². The summed E-state index contributed by atoms with van der Waals surface area (Å²) in [7, 11) is -2.65. The molecule has 0 aliphatic carbocycles. The zero-order chi connectivity index (χ0) is 12.3. The van der Waals surface area contributed by atoms with Crippen molar-refractivity contribution < 1.29 is 4.21 Å². The fraction of sp³-hybridized carbons (Fsp3) is 0.364. The number of hydrogen-bond acceptors (Lipinski definition) is 2. The topological polar surface area (TPSA) is 56.1 Å². The van der Waals surface area contributed by atoms with Gasteiger partial charge in [0.2, 0.25) is 0 Å². The van der Waals surface area contributed by atoms with Crippen LogP contribution in [0.4, 0.5) is 0 Å². The predicted octanol–water partition coefficient (Wildman–Crippen LogP) is 1.57. The van der Waals surface area contributed by atoms with Crippen molar-refractivity contribution in [3.8, 4) is 6.19 Å². The first-order valence-corrected chi connectivity index (χ1v) is 8.03. The van der Waals surface area contributed by atoms with Gasteiger partial charge in [0.15, 0.2) is 6.19 Å². The van der Waals surface area contributed by atoms with Crippen molar-refractivity contribution in [2.75, 3.05) is 12.3 Å². The van der Waals surface area contributed by atoms with Crippen LogP contribution in [0.2, 0.25) is 0 Å². The largest absolute Gasteiger partial charge is 0.253 e. The lowest BCUT2D eigenvalue weighted by Crippen LogP contribution is -2.41. The molecule has 1 saturated heterocycles. The number of nitrogens with zero attached hydrogens (tertiary/aromatic N) is 2. The Bertz CT molecular complexity index is 482. The molecule has 17 heavy (non-hydrogen) atoms. The number of nitriles is 1. The van der Waals surface area contributed by atoms with Gasteiger partial charge in [0.25, 0.3) is 0 Å². The third-order valence-corrected chi connectivity index (χ3v) is 5.99. The highest BCUT2D eigenvalue weighted by molar-refractivity contribution is 9.10. The van der Waals surface area contributed by atoms with E-state index >= 15 is 0 Å². The van der Waals surface area contributed by atoms with Crippen LogP contribution in [-0.4, -0.2) is 20.8 Å². The first-order valence-electron chi connectivity index (χ1n) is 5.39. The molecule has 1 aliphatic rings. The zero-order valence-corrected chi connectivity index (χ0v) is 11.7. The van der Waals surface area contributed by atoms with Crippen LogP contribution in [-0.2, 0) is 16.8 Å². The quantitative estimate of drug-likeness (QED) is 0.505. The van der Waals surface area contributed by atoms with E-state index in [1.165, 1.54) is 0 Å². The van der Waals surface area contributed by atoms with Crippen molar-refractivity contribution in [1.29, 1.82) is 5.26 Å². The van der Waals surface area contributed by atoms with Crippen LogP contribution in [0.5, 0.6) is 0 Å². The number of nitrogens with one attached hydrogen (secondary N) is 1. The molecule has 0 aromatic heterocycles. The van der Waals surface area contributed by atoms with Crippen molar-refractivity contribution in [1.82, 2.24) is 9.03 Å². The summed E-state index contributed by atoms with van der Waals surface area (Å²) in [4.78, 5) is 0. The van der Waals surface area contributed by atoms with E-state index in [0.717, 1.165) is 23.0 Å². The highest BCUT2D eigenvalue weighted by Gasteiger charge is 2.29. The normalized spacial score (nSPS) is 20.7. The summed E-state index contributed by atoms with van der Waals surface area (Å²) < 4.78 is 17.8. The zero-order valence-electron chi connectivity index (χ0n) is 9.27. The molecule has 0 amide bonds. The van der Waals surface area contributed by atoms with E-state index < -0.39 is 10.3 Å². The monoisotopic (exact) mass is 315 g/mol. The highest BCUT2D eigenvalue weighted by atomic mass is 79.9. The van der Waals surface area contributed by atoms with E-state index in [1.807, 2.05) is 34.8 Å². The van der Waals surface area contributed by atoms with Crippen molar-refractivity contribution in [3.63, 3.8) is 0 Å². The lowest BCUT2D eigenvalue weighted by Gasteiger charge is -2.28. The maximum Gasteiger partial charge on any atom is 0.188 e. The van der Waals surface area contributed by atoms with Crippen molar-refractivity contribution in [3.05, 3.63) is 34.3 Å². The SMILES string of the molecule is N#CN[SH]1(=O)CCCN1Cc1ccc(Br)cc1. The van der Waals surface area contributed by atoms with Gasteiger partial charge < -0.3 is 0 Å². The minimum Gasteiger partial charge on any atom is -0.253 e. The van der Waals surface area contributed by atoms with Gasteiger partial charge in [0.05, 0.1) is 0 Å². The Morgan fingerprint density at radius 3 is 2.82 bits per heavy atom. The average molecular weight is 316 g/mol. The molecule has 0 bridgehead atoms. The van der Waals surface area contributed by atoms with Crippen molar-refractivity contribution >= 4 is 26.2 Å². The van der Waals surface area contributed by atoms with Crippen LogP contribution in [0.3, 0.4) is 0 Å². The molecule has 1 aromatic carbocycles. The van der Waals surface area contributed by atoms with Crippen LogP contribution < -0.4 is 4.72 Å². The standard InChI is InChI=1S/C11H14BrN3OS/c12-11-4-2-10(3-5-11)8-15-6-1-7-17(15,16)14-9-13/h2-5,17H,1,6-8H2,(H,14,16). The fourth-order valence-electron chi connectivity index (χ4n) is 1.97. The molecule has 1 N–H and O–H groups in total. The number of thiol groups is 1. The number of benzene rings is 1. The molecule has 0 radical (unpaired) electrons. The average Bonchev–Trinajstić information content (AvgIpc) is 2.64. The summed E-state index contributed by atoms with van der Waals surface area (Å²) >= 11 is 3.38. The second-order valence-corrected chi connectivity index (χ2v) is 7.57. The van der Waals surface area contributed by atoms with E-state index in [2.05, 4.69) is 20.7 Å².